The summed E-state index contributed by atoms with van der Waals surface area (Å²) in [5.74, 6) is 0.613. The molecule has 0 fully saturated rings. The Kier molecular flexibility index (Phi) is 7.82. The number of para-hydroxylation sites is 2. The van der Waals surface area contributed by atoms with Crippen molar-refractivity contribution in [3.8, 4) is 67.3 Å². The van der Waals surface area contributed by atoms with Crippen LogP contribution >= 0.6 is 0 Å². The van der Waals surface area contributed by atoms with Crippen molar-refractivity contribution in [2.24, 2.45) is 0 Å². The summed E-state index contributed by atoms with van der Waals surface area (Å²) < 4.78 is 6.55. The molecule has 11 aromatic rings. The largest absolute Gasteiger partial charge is 0.455 e. The van der Waals surface area contributed by atoms with Crippen molar-refractivity contribution >= 4 is 43.5 Å². The summed E-state index contributed by atoms with van der Waals surface area (Å²) in [5, 5.41) is 6.94. The Balaban J connectivity index is 1.17. The Bertz CT molecular complexity index is 3180. The van der Waals surface area contributed by atoms with Crippen molar-refractivity contribution in [1.82, 2.24) is 9.97 Å². The van der Waals surface area contributed by atoms with Crippen LogP contribution in [0.1, 0.15) is 0 Å². The molecule has 0 aliphatic heterocycles. The maximum Gasteiger partial charge on any atom is 0.164 e. The van der Waals surface area contributed by atoms with E-state index in [1.807, 2.05) is 18.2 Å². The number of nitrogens with zero attached hydrogens (tertiary/aromatic N) is 2. The van der Waals surface area contributed by atoms with Gasteiger partial charge in [-0.3, -0.25) is 0 Å². The van der Waals surface area contributed by atoms with Crippen LogP contribution in [0, 0.1) is 0 Å². The zero-order valence-electron chi connectivity index (χ0n) is 30.9. The average molecular weight is 727 g/mol. The van der Waals surface area contributed by atoms with E-state index in [0.29, 0.717) is 5.82 Å². The van der Waals surface area contributed by atoms with Gasteiger partial charge >= 0.3 is 0 Å². The van der Waals surface area contributed by atoms with Gasteiger partial charge in [0.25, 0.3) is 0 Å². The number of benzene rings is 9. The van der Waals surface area contributed by atoms with Crippen molar-refractivity contribution in [3.63, 3.8) is 0 Å². The van der Waals surface area contributed by atoms with E-state index >= 15 is 0 Å². The molecule has 9 aromatic carbocycles. The lowest BCUT2D eigenvalue weighted by Crippen LogP contribution is -1.97. The molecule has 0 radical (unpaired) electrons. The monoisotopic (exact) mass is 726 g/mol. The van der Waals surface area contributed by atoms with E-state index in [9.17, 15) is 0 Å². The lowest BCUT2D eigenvalue weighted by atomic mass is 9.90. The highest BCUT2D eigenvalue weighted by Crippen LogP contribution is 2.40. The molecule has 0 bridgehead atoms. The minimum Gasteiger partial charge on any atom is -0.455 e. The molecule has 0 aliphatic rings. The van der Waals surface area contributed by atoms with Gasteiger partial charge in [0.1, 0.15) is 11.2 Å². The molecule has 0 saturated carbocycles. The van der Waals surface area contributed by atoms with Crippen LogP contribution in [0.4, 0.5) is 0 Å². The number of fused-ring (bicyclic) bond motifs is 5. The van der Waals surface area contributed by atoms with E-state index in [4.69, 9.17) is 14.4 Å². The zero-order valence-corrected chi connectivity index (χ0v) is 30.9. The maximum absolute atomic E-state index is 6.55. The van der Waals surface area contributed by atoms with Crippen LogP contribution in [-0.4, -0.2) is 9.97 Å². The minimum atomic E-state index is 0.613. The predicted molar refractivity (Wildman–Crippen MR) is 237 cm³/mol. The molecule has 266 valence electrons. The highest BCUT2D eigenvalue weighted by molar-refractivity contribution is 6.09. The number of furan rings is 1. The molecule has 0 N–H and O–H groups in total. The van der Waals surface area contributed by atoms with Crippen LogP contribution in [0.5, 0.6) is 0 Å². The van der Waals surface area contributed by atoms with Crippen molar-refractivity contribution < 1.29 is 4.42 Å². The smallest absolute Gasteiger partial charge is 0.164 e. The van der Waals surface area contributed by atoms with Gasteiger partial charge in [-0.05, 0) is 91.3 Å². The van der Waals surface area contributed by atoms with Gasteiger partial charge in [-0.2, -0.15) is 0 Å². The molecule has 0 unspecified atom stereocenters. The quantitative estimate of drug-likeness (QED) is 0.171. The first-order chi connectivity index (χ1) is 28.2. The molecular formula is C54H34N2O. The number of hydrogen-bond donors (Lipinski definition) is 0. The third kappa shape index (κ3) is 5.85. The third-order valence-corrected chi connectivity index (χ3v) is 11.1. The first kappa shape index (κ1) is 32.8. The highest BCUT2D eigenvalue weighted by atomic mass is 16.3. The topological polar surface area (TPSA) is 38.9 Å². The summed E-state index contributed by atoms with van der Waals surface area (Å²) in [7, 11) is 0. The molecule has 0 amide bonds. The van der Waals surface area contributed by atoms with Crippen LogP contribution in [0.15, 0.2) is 211 Å². The summed E-state index contributed by atoms with van der Waals surface area (Å²) in [6.07, 6.45) is 0. The van der Waals surface area contributed by atoms with Gasteiger partial charge in [-0.1, -0.05) is 170 Å². The molecule has 0 spiro atoms. The number of rotatable bonds is 6. The Morgan fingerprint density at radius 3 is 1.46 bits per heavy atom. The van der Waals surface area contributed by atoms with Gasteiger partial charge < -0.3 is 4.42 Å². The summed E-state index contributed by atoms with van der Waals surface area (Å²) in [6.45, 7) is 0. The summed E-state index contributed by atoms with van der Waals surface area (Å²) >= 11 is 0. The Labute approximate surface area is 330 Å². The van der Waals surface area contributed by atoms with Gasteiger partial charge in [0.05, 0.1) is 17.0 Å². The second-order valence-corrected chi connectivity index (χ2v) is 14.5. The van der Waals surface area contributed by atoms with E-state index in [2.05, 4.69) is 188 Å². The Morgan fingerprint density at radius 1 is 0.298 bits per heavy atom. The molecule has 0 atom stereocenters. The Hall–Kier alpha value is -7.62. The van der Waals surface area contributed by atoms with Crippen LogP contribution in [-0.2, 0) is 0 Å². The van der Waals surface area contributed by atoms with E-state index in [1.165, 1.54) is 38.2 Å². The van der Waals surface area contributed by atoms with Gasteiger partial charge in [-0.25, -0.2) is 9.97 Å². The molecule has 0 saturated heterocycles. The van der Waals surface area contributed by atoms with Gasteiger partial charge in [0, 0.05) is 21.9 Å². The first-order valence-electron chi connectivity index (χ1n) is 19.3. The lowest BCUT2D eigenvalue weighted by molar-refractivity contribution is 0.669. The van der Waals surface area contributed by atoms with E-state index in [0.717, 1.165) is 66.7 Å². The van der Waals surface area contributed by atoms with Crippen LogP contribution in [0.25, 0.3) is 111 Å². The zero-order chi connectivity index (χ0) is 37.7. The second-order valence-electron chi connectivity index (χ2n) is 14.5. The third-order valence-electron chi connectivity index (χ3n) is 11.1. The van der Waals surface area contributed by atoms with E-state index < -0.39 is 0 Å². The Morgan fingerprint density at radius 2 is 0.772 bits per heavy atom. The van der Waals surface area contributed by atoms with Crippen molar-refractivity contribution in [3.05, 3.63) is 206 Å². The van der Waals surface area contributed by atoms with Crippen LogP contribution < -0.4 is 0 Å². The fraction of sp³-hybridized carbons (Fsp3) is 0. The van der Waals surface area contributed by atoms with Gasteiger partial charge in [0.2, 0.25) is 0 Å². The SMILES string of the molecule is c1ccc(-c2ccc(-c3cc(-c4cc(-c5cccc6ccccc56)cc(-c5cccc6ccccc56)c4)nc(-c4cccc5c4oc4ccccc45)n3)cc2)cc1. The normalized spacial score (nSPS) is 11.5. The first-order valence-corrected chi connectivity index (χ1v) is 19.3. The maximum atomic E-state index is 6.55. The molecule has 57 heavy (non-hydrogen) atoms. The summed E-state index contributed by atoms with van der Waals surface area (Å²) in [6, 6.07) is 72.9. The van der Waals surface area contributed by atoms with E-state index in [-0.39, 0.29) is 0 Å². The minimum absolute atomic E-state index is 0.613. The van der Waals surface area contributed by atoms with Gasteiger partial charge in [0.15, 0.2) is 5.82 Å². The molecular weight excluding hydrogens is 693 g/mol. The standard InChI is InChI=1S/C54H34N2O/c1-2-13-35(14-3-1)36-27-29-39(30-28-36)50-34-51(56-54(55-50)49-25-12-24-48-47-21-8-9-26-52(47)57-53(48)49)42-32-40(45-22-10-17-37-15-4-6-19-43(37)45)31-41(33-42)46-23-11-18-38-16-5-7-20-44(38)46/h1-34H. The van der Waals surface area contributed by atoms with E-state index in [1.54, 1.807) is 0 Å². The summed E-state index contributed by atoms with van der Waals surface area (Å²) in [4.78, 5) is 10.7. The highest BCUT2D eigenvalue weighted by Gasteiger charge is 2.19. The summed E-state index contributed by atoms with van der Waals surface area (Å²) in [5.41, 5.74) is 13.1. The fourth-order valence-corrected chi connectivity index (χ4v) is 8.29. The molecule has 2 heterocycles. The average Bonchev–Trinajstić information content (AvgIpc) is 3.68. The lowest BCUT2D eigenvalue weighted by Gasteiger charge is -2.15. The van der Waals surface area contributed by atoms with Crippen molar-refractivity contribution in [2.45, 2.75) is 0 Å². The number of hydrogen-bond acceptors (Lipinski definition) is 3. The molecule has 3 heteroatoms. The molecule has 3 nitrogen and oxygen atoms in total. The van der Waals surface area contributed by atoms with Gasteiger partial charge in [-0.15, -0.1) is 0 Å². The molecule has 0 aliphatic carbocycles. The number of aromatic nitrogens is 2. The van der Waals surface area contributed by atoms with Crippen molar-refractivity contribution in [2.75, 3.05) is 0 Å². The second kappa shape index (κ2) is 13.6. The van der Waals surface area contributed by atoms with Crippen LogP contribution in [0.3, 0.4) is 0 Å². The molecule has 11 rings (SSSR count). The predicted octanol–water partition coefficient (Wildman–Crippen LogP) is 14.7. The van der Waals surface area contributed by atoms with Crippen LogP contribution in [0.2, 0.25) is 0 Å². The van der Waals surface area contributed by atoms with Crippen molar-refractivity contribution in [1.29, 1.82) is 0 Å². The molecule has 2 aromatic heterocycles. The fourth-order valence-electron chi connectivity index (χ4n) is 8.29.